The van der Waals surface area contributed by atoms with E-state index in [1.165, 1.54) is 6.42 Å². The van der Waals surface area contributed by atoms with Crippen LogP contribution in [0, 0.1) is 62.6 Å². The highest BCUT2D eigenvalue weighted by atomic mass is 16.5. The third-order valence-corrected chi connectivity index (χ3v) is 14.8. The Labute approximate surface area is 247 Å². The van der Waals surface area contributed by atoms with Crippen molar-refractivity contribution in [2.24, 2.45) is 62.6 Å². The summed E-state index contributed by atoms with van der Waals surface area (Å²) in [4.78, 5) is 36.5. The van der Waals surface area contributed by atoms with Gasteiger partial charge in [-0.1, -0.05) is 48.5 Å². The van der Waals surface area contributed by atoms with Gasteiger partial charge >= 0.3 is 17.9 Å². The maximum atomic E-state index is 12.9. The third-order valence-electron chi connectivity index (χ3n) is 14.8. The van der Waals surface area contributed by atoms with Crippen molar-refractivity contribution < 1.29 is 29.3 Å². The first-order valence-electron chi connectivity index (χ1n) is 16.7. The Hall–Kier alpha value is -1.59. The van der Waals surface area contributed by atoms with Crippen LogP contribution in [0.1, 0.15) is 132 Å². The second-order valence-corrected chi connectivity index (χ2v) is 16.7. The van der Waals surface area contributed by atoms with Crippen molar-refractivity contribution in [2.75, 3.05) is 0 Å². The summed E-state index contributed by atoms with van der Waals surface area (Å²) < 4.78 is 6.08. The number of carbonyl (C=O) groups is 3. The SMILES string of the molecule is CC(C)[C@@H]1CC[C@]2(C(=O)O)CC[C@]3(C)[C@H](CC[C@@H]4[C@@]5(C)CC[C@H](OC(=O)CCCC(=O)O)C(C)(C)[C@@H]5CC[C@]43C)[C@@H]12. The molecule has 0 amide bonds. The molecule has 0 aliphatic heterocycles. The highest BCUT2D eigenvalue weighted by Gasteiger charge is 2.72. The first kappa shape index (κ1) is 30.9. The smallest absolute Gasteiger partial charge is 0.309 e. The summed E-state index contributed by atoms with van der Waals surface area (Å²) in [6, 6.07) is 0. The fraction of sp³-hybridized carbons (Fsp3) is 0.914. The first-order chi connectivity index (χ1) is 19.0. The lowest BCUT2D eigenvalue weighted by Crippen LogP contribution is -2.67. The molecule has 6 heteroatoms. The summed E-state index contributed by atoms with van der Waals surface area (Å²) in [5, 5.41) is 19.6. The zero-order valence-electron chi connectivity index (χ0n) is 26.8. The van der Waals surface area contributed by atoms with Gasteiger partial charge in [-0.2, -0.15) is 0 Å². The molecular formula is C35H56O6. The van der Waals surface area contributed by atoms with Crippen molar-refractivity contribution in [2.45, 2.75) is 138 Å². The zero-order valence-corrected chi connectivity index (χ0v) is 26.8. The van der Waals surface area contributed by atoms with E-state index in [0.717, 1.165) is 57.8 Å². The van der Waals surface area contributed by atoms with Gasteiger partial charge in [0, 0.05) is 18.3 Å². The van der Waals surface area contributed by atoms with Gasteiger partial charge in [0.15, 0.2) is 0 Å². The van der Waals surface area contributed by atoms with E-state index in [1.807, 2.05) is 0 Å². The normalized spacial score (nSPS) is 46.5. The molecule has 10 atom stereocenters. The lowest BCUT2D eigenvalue weighted by atomic mass is 9.32. The molecule has 0 spiro atoms. The molecule has 5 saturated carbocycles. The molecule has 0 radical (unpaired) electrons. The highest BCUT2D eigenvalue weighted by molar-refractivity contribution is 5.76. The Morgan fingerprint density at radius 1 is 0.780 bits per heavy atom. The number of esters is 1. The lowest BCUT2D eigenvalue weighted by molar-refractivity contribution is -0.251. The molecule has 5 aliphatic rings. The van der Waals surface area contributed by atoms with Crippen LogP contribution in [0.25, 0.3) is 0 Å². The van der Waals surface area contributed by atoms with E-state index < -0.39 is 17.4 Å². The molecule has 41 heavy (non-hydrogen) atoms. The summed E-state index contributed by atoms with van der Waals surface area (Å²) in [5.74, 6) is 1.14. The van der Waals surface area contributed by atoms with E-state index in [9.17, 15) is 19.5 Å². The fourth-order valence-corrected chi connectivity index (χ4v) is 12.5. The summed E-state index contributed by atoms with van der Waals surface area (Å²) >= 11 is 0. The number of ether oxygens (including phenoxy) is 1. The number of carbonyl (C=O) groups excluding carboxylic acids is 1. The molecular weight excluding hydrogens is 516 g/mol. The van der Waals surface area contributed by atoms with Gasteiger partial charge in [-0.15, -0.1) is 0 Å². The average Bonchev–Trinajstić information content (AvgIpc) is 3.27. The molecule has 0 heterocycles. The van der Waals surface area contributed by atoms with Gasteiger partial charge in [0.25, 0.3) is 0 Å². The average molecular weight is 573 g/mol. The first-order valence-corrected chi connectivity index (χ1v) is 16.7. The van der Waals surface area contributed by atoms with Crippen molar-refractivity contribution in [1.29, 1.82) is 0 Å². The largest absolute Gasteiger partial charge is 0.481 e. The molecule has 0 aromatic heterocycles. The molecule has 5 rings (SSSR count). The molecule has 5 fully saturated rings. The van der Waals surface area contributed by atoms with E-state index in [1.54, 1.807) is 0 Å². The maximum Gasteiger partial charge on any atom is 0.309 e. The van der Waals surface area contributed by atoms with E-state index in [2.05, 4.69) is 48.5 Å². The molecule has 0 aromatic carbocycles. The molecule has 2 N–H and O–H groups in total. The fourth-order valence-electron chi connectivity index (χ4n) is 12.5. The minimum Gasteiger partial charge on any atom is -0.481 e. The quantitative estimate of drug-likeness (QED) is 0.300. The Morgan fingerprint density at radius 2 is 1.49 bits per heavy atom. The van der Waals surface area contributed by atoms with E-state index in [4.69, 9.17) is 9.84 Å². The number of carboxylic acids is 2. The monoisotopic (exact) mass is 572 g/mol. The molecule has 232 valence electrons. The van der Waals surface area contributed by atoms with Gasteiger partial charge in [-0.3, -0.25) is 14.4 Å². The molecule has 5 aliphatic carbocycles. The molecule has 0 aromatic rings. The lowest BCUT2D eigenvalue weighted by Gasteiger charge is -2.72. The third kappa shape index (κ3) is 4.41. The minimum absolute atomic E-state index is 0.00373. The van der Waals surface area contributed by atoms with Gasteiger partial charge in [-0.05, 0) is 122 Å². The minimum atomic E-state index is -0.875. The number of fused-ring (bicyclic) bond motifs is 7. The Morgan fingerprint density at radius 3 is 2.12 bits per heavy atom. The maximum absolute atomic E-state index is 12.9. The van der Waals surface area contributed by atoms with Crippen molar-refractivity contribution >= 4 is 17.9 Å². The second-order valence-electron chi connectivity index (χ2n) is 16.7. The second kappa shape index (κ2) is 10.3. The number of rotatable bonds is 7. The van der Waals surface area contributed by atoms with Crippen molar-refractivity contribution in [3.05, 3.63) is 0 Å². The molecule has 0 bridgehead atoms. The standard InChI is InChI=1S/C35H56O6/c1-21(2)22-13-18-35(30(39)40)20-19-33(6)23(29(22)35)11-12-25-32(5)16-15-26(41-28(38)10-8-9-27(36)37)31(3,4)24(32)14-17-34(25,33)7/h21-26,29H,8-20H2,1-7H3,(H,36,37)(H,39,40)/t22-,23+,24-,25+,26-,29+,32-,33+,34+,35-/m0/s1. The van der Waals surface area contributed by atoms with E-state index >= 15 is 0 Å². The van der Waals surface area contributed by atoms with Gasteiger partial charge in [0.1, 0.15) is 6.10 Å². The van der Waals surface area contributed by atoms with Crippen molar-refractivity contribution in [3.63, 3.8) is 0 Å². The van der Waals surface area contributed by atoms with Gasteiger partial charge in [0.2, 0.25) is 0 Å². The number of hydrogen-bond donors (Lipinski definition) is 2. The van der Waals surface area contributed by atoms with E-state index in [-0.39, 0.29) is 52.5 Å². The van der Waals surface area contributed by atoms with Gasteiger partial charge in [-0.25, -0.2) is 0 Å². The number of hydrogen-bond acceptors (Lipinski definition) is 4. The Balaban J connectivity index is 1.40. The summed E-state index contributed by atoms with van der Waals surface area (Å²) in [6.45, 7) is 16.9. The molecule has 0 saturated heterocycles. The predicted octanol–water partition coefficient (Wildman–Crippen LogP) is 7.98. The van der Waals surface area contributed by atoms with Crippen LogP contribution >= 0.6 is 0 Å². The van der Waals surface area contributed by atoms with Crippen LogP contribution < -0.4 is 0 Å². The van der Waals surface area contributed by atoms with Crippen LogP contribution in [0.3, 0.4) is 0 Å². The van der Waals surface area contributed by atoms with Gasteiger partial charge < -0.3 is 14.9 Å². The number of aliphatic carboxylic acids is 2. The van der Waals surface area contributed by atoms with Crippen LogP contribution in [-0.2, 0) is 19.1 Å². The van der Waals surface area contributed by atoms with Crippen molar-refractivity contribution in [3.8, 4) is 0 Å². The molecule has 0 unspecified atom stereocenters. The van der Waals surface area contributed by atoms with Crippen LogP contribution in [-0.4, -0.2) is 34.2 Å². The van der Waals surface area contributed by atoms with Crippen molar-refractivity contribution in [1.82, 2.24) is 0 Å². The predicted molar refractivity (Wildman–Crippen MR) is 158 cm³/mol. The van der Waals surface area contributed by atoms with Crippen LogP contribution in [0.4, 0.5) is 0 Å². The Bertz CT molecular complexity index is 1060. The Kier molecular flexibility index (Phi) is 7.72. The summed E-state index contributed by atoms with van der Waals surface area (Å²) in [6.07, 6.45) is 10.6. The van der Waals surface area contributed by atoms with E-state index in [0.29, 0.717) is 36.0 Å². The van der Waals surface area contributed by atoms with Gasteiger partial charge in [0.05, 0.1) is 5.41 Å². The summed E-state index contributed by atoms with van der Waals surface area (Å²) in [7, 11) is 0. The van der Waals surface area contributed by atoms with Crippen LogP contribution in [0.2, 0.25) is 0 Å². The zero-order chi connectivity index (χ0) is 30.2. The highest BCUT2D eigenvalue weighted by Crippen LogP contribution is 2.77. The van der Waals surface area contributed by atoms with Crippen LogP contribution in [0.5, 0.6) is 0 Å². The summed E-state index contributed by atoms with van der Waals surface area (Å²) in [5.41, 5.74) is -0.203. The topological polar surface area (TPSA) is 101 Å². The number of carboxylic acid groups (broad SMARTS) is 2. The van der Waals surface area contributed by atoms with Crippen LogP contribution in [0.15, 0.2) is 0 Å². The molecule has 6 nitrogen and oxygen atoms in total.